The van der Waals surface area contributed by atoms with E-state index in [1.807, 2.05) is 0 Å². The normalized spacial score (nSPS) is 11.2. The summed E-state index contributed by atoms with van der Waals surface area (Å²) >= 11 is 0. The molecule has 0 saturated heterocycles. The summed E-state index contributed by atoms with van der Waals surface area (Å²) in [5, 5.41) is 2.90. The van der Waals surface area contributed by atoms with Crippen LogP contribution in [0.1, 0.15) is 12.0 Å². The van der Waals surface area contributed by atoms with Crippen molar-refractivity contribution in [3.8, 4) is 0 Å². The molecule has 0 radical (unpaired) electrons. The molecule has 0 heterocycles. The fraction of sp³-hybridized carbons (Fsp3) is 0.273. The highest BCUT2D eigenvalue weighted by molar-refractivity contribution is 5.50. The first kappa shape index (κ1) is 11.8. The highest BCUT2D eigenvalue weighted by atomic mass is 19.2. The molecule has 0 atom stereocenters. The van der Waals surface area contributed by atoms with Gasteiger partial charge in [0.2, 0.25) is 0 Å². The van der Waals surface area contributed by atoms with Gasteiger partial charge in [-0.3, -0.25) is 0 Å². The van der Waals surface area contributed by atoms with Gasteiger partial charge in [-0.15, -0.1) is 0 Å². The summed E-state index contributed by atoms with van der Waals surface area (Å²) in [7, 11) is 1.79. The van der Waals surface area contributed by atoms with Crippen LogP contribution in [0.15, 0.2) is 18.2 Å². The topological polar surface area (TPSA) is 12.0 Å². The van der Waals surface area contributed by atoms with Crippen molar-refractivity contribution in [3.63, 3.8) is 0 Å². The number of hydrogen-bond acceptors (Lipinski definition) is 1. The molecule has 0 saturated carbocycles. The van der Waals surface area contributed by atoms with Crippen LogP contribution in [-0.4, -0.2) is 13.6 Å². The van der Waals surface area contributed by atoms with Crippen LogP contribution in [0, 0.1) is 17.5 Å². The van der Waals surface area contributed by atoms with Gasteiger partial charge in [0.25, 0.3) is 0 Å². The van der Waals surface area contributed by atoms with E-state index in [9.17, 15) is 13.2 Å². The third kappa shape index (κ3) is 3.40. The molecule has 0 aliphatic carbocycles. The van der Waals surface area contributed by atoms with Gasteiger partial charge < -0.3 is 5.32 Å². The molecule has 4 heteroatoms. The van der Waals surface area contributed by atoms with E-state index < -0.39 is 17.5 Å². The predicted molar refractivity (Wildman–Crippen MR) is 53.9 cm³/mol. The smallest absolute Gasteiger partial charge is 0.166 e. The van der Waals surface area contributed by atoms with Gasteiger partial charge in [-0.2, -0.15) is 0 Å². The summed E-state index contributed by atoms with van der Waals surface area (Å²) in [4.78, 5) is 0. The summed E-state index contributed by atoms with van der Waals surface area (Å²) in [6.45, 7) is 0.732. The molecule has 82 valence electrons. The van der Waals surface area contributed by atoms with Crippen LogP contribution in [-0.2, 0) is 0 Å². The molecule has 0 fully saturated rings. The van der Waals surface area contributed by atoms with Gasteiger partial charge in [0.05, 0.1) is 0 Å². The molecule has 0 unspecified atom stereocenters. The zero-order chi connectivity index (χ0) is 11.3. The average Bonchev–Trinajstić information content (AvgIpc) is 2.19. The Bertz CT molecular complexity index is 361. The minimum Gasteiger partial charge on any atom is -0.319 e. The molecule has 15 heavy (non-hydrogen) atoms. The molecule has 0 aliphatic rings. The minimum atomic E-state index is -1.16. The van der Waals surface area contributed by atoms with E-state index in [-0.39, 0.29) is 5.56 Å². The quantitative estimate of drug-likeness (QED) is 0.601. The zero-order valence-electron chi connectivity index (χ0n) is 8.36. The number of rotatable bonds is 4. The maximum atomic E-state index is 13.1. The molecule has 1 N–H and O–H groups in total. The van der Waals surface area contributed by atoms with Crippen LogP contribution >= 0.6 is 0 Å². The monoisotopic (exact) mass is 215 g/mol. The number of nitrogens with one attached hydrogen (secondary N) is 1. The SMILES string of the molecule is CNCCC=Cc1cc(F)cc(F)c1F. The average molecular weight is 215 g/mol. The lowest BCUT2D eigenvalue weighted by atomic mass is 10.1. The van der Waals surface area contributed by atoms with Crippen LogP contribution in [0.3, 0.4) is 0 Å². The van der Waals surface area contributed by atoms with Crippen molar-refractivity contribution >= 4 is 6.08 Å². The number of hydrogen-bond donors (Lipinski definition) is 1. The molecule has 0 bridgehead atoms. The van der Waals surface area contributed by atoms with Crippen molar-refractivity contribution in [1.82, 2.24) is 5.32 Å². The maximum Gasteiger partial charge on any atom is 0.166 e. The predicted octanol–water partition coefficient (Wildman–Crippen LogP) is 2.73. The van der Waals surface area contributed by atoms with Gasteiger partial charge in [-0.05, 0) is 26.1 Å². The lowest BCUT2D eigenvalue weighted by Crippen LogP contribution is -2.05. The number of halogens is 3. The molecule has 0 amide bonds. The molecule has 1 aromatic carbocycles. The van der Waals surface area contributed by atoms with Crippen LogP contribution in [0.4, 0.5) is 13.2 Å². The first-order chi connectivity index (χ1) is 7.15. The lowest BCUT2D eigenvalue weighted by Gasteiger charge is -1.99. The summed E-state index contributed by atoms with van der Waals surface area (Å²) in [6.07, 6.45) is 3.71. The van der Waals surface area contributed by atoms with Crippen LogP contribution in [0.2, 0.25) is 0 Å². The molecular weight excluding hydrogens is 203 g/mol. The third-order valence-electron chi connectivity index (χ3n) is 1.88. The second-order valence-electron chi connectivity index (χ2n) is 3.09. The van der Waals surface area contributed by atoms with Gasteiger partial charge in [0.15, 0.2) is 11.6 Å². The second kappa shape index (κ2) is 5.56. The Morgan fingerprint density at radius 2 is 2.00 bits per heavy atom. The van der Waals surface area contributed by atoms with E-state index in [2.05, 4.69) is 5.32 Å². The molecular formula is C11H12F3N. The van der Waals surface area contributed by atoms with E-state index in [0.29, 0.717) is 12.5 Å². The Balaban J connectivity index is 2.80. The number of benzene rings is 1. The Morgan fingerprint density at radius 3 is 2.67 bits per heavy atom. The Hall–Kier alpha value is -1.29. The molecule has 1 rings (SSSR count). The zero-order valence-corrected chi connectivity index (χ0v) is 8.36. The van der Waals surface area contributed by atoms with E-state index in [1.165, 1.54) is 6.08 Å². The highest BCUT2D eigenvalue weighted by Crippen LogP contribution is 2.15. The molecule has 0 aliphatic heterocycles. The Kier molecular flexibility index (Phi) is 4.37. The summed E-state index contributed by atoms with van der Waals surface area (Å²) in [5.41, 5.74) is -0.0661. The van der Waals surface area contributed by atoms with Crippen molar-refractivity contribution < 1.29 is 13.2 Å². The van der Waals surface area contributed by atoms with Crippen LogP contribution in [0.5, 0.6) is 0 Å². The lowest BCUT2D eigenvalue weighted by molar-refractivity contribution is 0.493. The molecule has 1 nitrogen and oxygen atoms in total. The largest absolute Gasteiger partial charge is 0.319 e. The second-order valence-corrected chi connectivity index (χ2v) is 3.09. The summed E-state index contributed by atoms with van der Waals surface area (Å²) in [6, 6.07) is 1.49. The van der Waals surface area contributed by atoms with Crippen LogP contribution < -0.4 is 5.32 Å². The van der Waals surface area contributed by atoms with Gasteiger partial charge in [-0.25, -0.2) is 13.2 Å². The van der Waals surface area contributed by atoms with Gasteiger partial charge in [-0.1, -0.05) is 12.2 Å². The fourth-order valence-electron chi connectivity index (χ4n) is 1.14. The van der Waals surface area contributed by atoms with Crippen molar-refractivity contribution in [2.24, 2.45) is 0 Å². The standard InChI is InChI=1S/C11H12F3N/c1-15-5-3-2-4-8-6-9(12)7-10(13)11(8)14/h2,4,6-7,15H,3,5H2,1H3. The van der Waals surface area contributed by atoms with E-state index in [0.717, 1.165) is 12.6 Å². The summed E-state index contributed by atoms with van der Waals surface area (Å²) < 4.78 is 38.6. The van der Waals surface area contributed by atoms with E-state index in [1.54, 1.807) is 13.1 Å². The minimum absolute atomic E-state index is 0.0661. The van der Waals surface area contributed by atoms with Crippen molar-refractivity contribution in [2.45, 2.75) is 6.42 Å². The summed E-state index contributed by atoms with van der Waals surface area (Å²) in [5.74, 6) is -2.96. The Morgan fingerprint density at radius 1 is 1.27 bits per heavy atom. The van der Waals surface area contributed by atoms with Gasteiger partial charge in [0.1, 0.15) is 5.82 Å². The van der Waals surface area contributed by atoms with E-state index in [4.69, 9.17) is 0 Å². The molecule has 0 spiro atoms. The maximum absolute atomic E-state index is 13.1. The first-order valence-corrected chi connectivity index (χ1v) is 4.61. The first-order valence-electron chi connectivity index (χ1n) is 4.61. The van der Waals surface area contributed by atoms with Crippen LogP contribution in [0.25, 0.3) is 6.08 Å². The van der Waals surface area contributed by atoms with Crippen molar-refractivity contribution in [1.29, 1.82) is 0 Å². The van der Waals surface area contributed by atoms with Crippen molar-refractivity contribution in [3.05, 3.63) is 41.2 Å². The fourth-order valence-corrected chi connectivity index (χ4v) is 1.14. The van der Waals surface area contributed by atoms with E-state index >= 15 is 0 Å². The molecule has 0 aromatic heterocycles. The highest BCUT2D eigenvalue weighted by Gasteiger charge is 2.07. The van der Waals surface area contributed by atoms with Gasteiger partial charge in [0, 0.05) is 11.6 Å². The Labute approximate surface area is 86.6 Å². The van der Waals surface area contributed by atoms with Crippen molar-refractivity contribution in [2.75, 3.05) is 13.6 Å². The third-order valence-corrected chi connectivity index (χ3v) is 1.88. The molecule has 1 aromatic rings. The van der Waals surface area contributed by atoms with Gasteiger partial charge >= 0.3 is 0 Å².